The summed E-state index contributed by atoms with van der Waals surface area (Å²) in [7, 11) is 3.35. The third-order valence-corrected chi connectivity index (χ3v) is 6.78. The van der Waals surface area contributed by atoms with Crippen LogP contribution in [0, 0.1) is 12.8 Å². The molecule has 2 aliphatic rings. The summed E-state index contributed by atoms with van der Waals surface area (Å²) in [5.41, 5.74) is 5.07. The second kappa shape index (κ2) is 9.73. The molecule has 5 nitrogen and oxygen atoms in total. The molecule has 2 aromatic rings. The SMILES string of the molecule is COc1cc2c(cc1OC)[C@@H](CNC(=O)C1CCCC1)N(Cc1cccc(C)c1)CC2. The Morgan fingerprint density at radius 1 is 1.10 bits per heavy atom. The molecule has 2 aromatic carbocycles. The first kappa shape index (κ1) is 21.7. The van der Waals surface area contributed by atoms with Gasteiger partial charge in [-0.15, -0.1) is 0 Å². The number of carbonyl (C=O) groups excluding carboxylic acids is 1. The van der Waals surface area contributed by atoms with Crippen LogP contribution < -0.4 is 14.8 Å². The van der Waals surface area contributed by atoms with E-state index in [1.165, 1.54) is 35.1 Å². The number of rotatable bonds is 7. The second-order valence-electron chi connectivity index (χ2n) is 8.86. The number of benzene rings is 2. The molecule has 4 rings (SSSR count). The van der Waals surface area contributed by atoms with Gasteiger partial charge in [-0.25, -0.2) is 0 Å². The van der Waals surface area contributed by atoms with E-state index >= 15 is 0 Å². The zero-order valence-electron chi connectivity index (χ0n) is 18.9. The molecule has 1 amide bonds. The van der Waals surface area contributed by atoms with Crippen molar-refractivity contribution < 1.29 is 14.3 Å². The predicted molar refractivity (Wildman–Crippen MR) is 123 cm³/mol. The predicted octanol–water partition coefficient (Wildman–Crippen LogP) is 4.42. The number of ether oxygens (including phenoxy) is 2. The Balaban J connectivity index is 1.60. The Morgan fingerprint density at radius 3 is 2.55 bits per heavy atom. The molecule has 1 atom stereocenters. The van der Waals surface area contributed by atoms with Gasteiger partial charge < -0.3 is 14.8 Å². The summed E-state index contributed by atoms with van der Waals surface area (Å²) in [6.07, 6.45) is 5.33. The van der Waals surface area contributed by atoms with Crippen LogP contribution in [0.3, 0.4) is 0 Å². The third-order valence-electron chi connectivity index (χ3n) is 6.78. The van der Waals surface area contributed by atoms with Gasteiger partial charge in [0.05, 0.1) is 20.3 Å². The molecule has 166 valence electrons. The lowest BCUT2D eigenvalue weighted by Crippen LogP contribution is -2.43. The van der Waals surface area contributed by atoms with Crippen molar-refractivity contribution in [2.24, 2.45) is 5.92 Å². The van der Waals surface area contributed by atoms with Crippen LogP contribution in [0.1, 0.15) is 54.0 Å². The number of nitrogens with one attached hydrogen (secondary N) is 1. The minimum Gasteiger partial charge on any atom is -0.493 e. The first-order valence-corrected chi connectivity index (χ1v) is 11.4. The number of nitrogens with zero attached hydrogens (tertiary/aromatic N) is 1. The molecule has 0 radical (unpaired) electrons. The van der Waals surface area contributed by atoms with Crippen LogP contribution in [0.2, 0.25) is 0 Å². The highest BCUT2D eigenvalue weighted by Crippen LogP contribution is 2.38. The minimum atomic E-state index is 0.106. The van der Waals surface area contributed by atoms with Gasteiger partial charge in [-0.05, 0) is 55.0 Å². The molecule has 1 heterocycles. The number of amides is 1. The molecule has 0 spiro atoms. The number of methoxy groups -OCH3 is 2. The van der Waals surface area contributed by atoms with Crippen LogP contribution in [0.5, 0.6) is 11.5 Å². The Bertz CT molecular complexity index is 921. The van der Waals surface area contributed by atoms with Crippen LogP contribution in [-0.4, -0.2) is 38.1 Å². The maximum Gasteiger partial charge on any atom is 0.223 e. The van der Waals surface area contributed by atoms with Crippen LogP contribution in [0.25, 0.3) is 0 Å². The van der Waals surface area contributed by atoms with Gasteiger partial charge in [-0.3, -0.25) is 9.69 Å². The summed E-state index contributed by atoms with van der Waals surface area (Å²) in [4.78, 5) is 15.2. The monoisotopic (exact) mass is 422 g/mol. The molecule has 0 bridgehead atoms. The molecule has 0 saturated heterocycles. The molecule has 0 unspecified atom stereocenters. The quantitative estimate of drug-likeness (QED) is 0.718. The van der Waals surface area contributed by atoms with Crippen LogP contribution in [-0.2, 0) is 17.8 Å². The largest absolute Gasteiger partial charge is 0.493 e. The van der Waals surface area contributed by atoms with E-state index in [2.05, 4.69) is 53.5 Å². The number of carbonyl (C=O) groups is 1. The summed E-state index contributed by atoms with van der Waals surface area (Å²) in [6.45, 7) is 4.55. The molecule has 0 aromatic heterocycles. The summed E-state index contributed by atoms with van der Waals surface area (Å²) in [6, 6.07) is 13.0. The van der Waals surface area contributed by atoms with Crippen molar-refractivity contribution in [3.63, 3.8) is 0 Å². The lowest BCUT2D eigenvalue weighted by molar-refractivity contribution is -0.125. The van der Waals surface area contributed by atoms with Crippen LogP contribution in [0.4, 0.5) is 0 Å². The average molecular weight is 423 g/mol. The first-order valence-electron chi connectivity index (χ1n) is 11.4. The van der Waals surface area contributed by atoms with Gasteiger partial charge in [0, 0.05) is 25.6 Å². The Kier molecular flexibility index (Phi) is 6.81. The van der Waals surface area contributed by atoms with Crippen molar-refractivity contribution in [2.75, 3.05) is 27.3 Å². The smallest absolute Gasteiger partial charge is 0.223 e. The van der Waals surface area contributed by atoms with Gasteiger partial charge in [0.2, 0.25) is 5.91 Å². The minimum absolute atomic E-state index is 0.106. The Hall–Kier alpha value is -2.53. The van der Waals surface area contributed by atoms with Gasteiger partial charge in [-0.2, -0.15) is 0 Å². The molecular formula is C26H34N2O3. The zero-order valence-corrected chi connectivity index (χ0v) is 18.9. The Morgan fingerprint density at radius 2 is 1.84 bits per heavy atom. The highest BCUT2D eigenvalue weighted by atomic mass is 16.5. The van der Waals surface area contributed by atoms with Crippen molar-refractivity contribution in [3.8, 4) is 11.5 Å². The highest BCUT2D eigenvalue weighted by molar-refractivity contribution is 5.78. The van der Waals surface area contributed by atoms with Crippen molar-refractivity contribution in [1.29, 1.82) is 0 Å². The average Bonchev–Trinajstić information content (AvgIpc) is 3.32. The van der Waals surface area contributed by atoms with Gasteiger partial charge in [0.15, 0.2) is 11.5 Å². The van der Waals surface area contributed by atoms with Crippen molar-refractivity contribution >= 4 is 5.91 Å². The molecular weight excluding hydrogens is 388 g/mol. The topological polar surface area (TPSA) is 50.8 Å². The van der Waals surface area contributed by atoms with E-state index in [1.807, 2.05) is 0 Å². The molecule has 1 aliphatic heterocycles. The van der Waals surface area contributed by atoms with E-state index in [9.17, 15) is 4.79 Å². The number of aryl methyl sites for hydroxylation is 1. The zero-order chi connectivity index (χ0) is 21.8. The van der Waals surface area contributed by atoms with E-state index in [0.29, 0.717) is 6.54 Å². The molecule has 5 heteroatoms. The fourth-order valence-corrected chi connectivity index (χ4v) is 5.08. The van der Waals surface area contributed by atoms with E-state index in [0.717, 1.165) is 43.9 Å². The van der Waals surface area contributed by atoms with Crippen molar-refractivity contribution in [2.45, 2.75) is 51.6 Å². The maximum absolute atomic E-state index is 12.8. The van der Waals surface area contributed by atoms with Gasteiger partial charge in [0.1, 0.15) is 0 Å². The summed E-state index contributed by atoms with van der Waals surface area (Å²) >= 11 is 0. The lowest BCUT2D eigenvalue weighted by atomic mass is 9.91. The Labute approximate surface area is 185 Å². The van der Waals surface area contributed by atoms with Gasteiger partial charge in [0.25, 0.3) is 0 Å². The summed E-state index contributed by atoms with van der Waals surface area (Å²) < 4.78 is 11.1. The van der Waals surface area contributed by atoms with E-state index in [-0.39, 0.29) is 17.9 Å². The van der Waals surface area contributed by atoms with Gasteiger partial charge in [-0.1, -0.05) is 42.7 Å². The molecule has 1 saturated carbocycles. The fraction of sp³-hybridized carbons (Fsp3) is 0.500. The first-order chi connectivity index (χ1) is 15.1. The standard InChI is InChI=1S/C26H34N2O3/c1-18-7-6-8-19(13-18)17-28-12-11-21-14-24(30-2)25(31-3)15-22(21)23(28)16-27-26(29)20-9-4-5-10-20/h6-8,13-15,20,23H,4-5,9-12,16-17H2,1-3H3,(H,27,29)/t23-/m1/s1. The van der Waals surface area contributed by atoms with Crippen molar-refractivity contribution in [1.82, 2.24) is 10.2 Å². The second-order valence-corrected chi connectivity index (χ2v) is 8.86. The number of hydrogen-bond acceptors (Lipinski definition) is 4. The fourth-order valence-electron chi connectivity index (χ4n) is 5.08. The normalized spacial score (nSPS) is 19.1. The summed E-state index contributed by atoms with van der Waals surface area (Å²) in [5, 5.41) is 3.28. The van der Waals surface area contributed by atoms with Crippen molar-refractivity contribution in [3.05, 3.63) is 58.7 Å². The number of fused-ring (bicyclic) bond motifs is 1. The molecule has 31 heavy (non-hydrogen) atoms. The maximum atomic E-state index is 12.8. The van der Waals surface area contributed by atoms with E-state index < -0.39 is 0 Å². The molecule has 1 fully saturated rings. The number of hydrogen-bond donors (Lipinski definition) is 1. The van der Waals surface area contributed by atoms with E-state index in [4.69, 9.17) is 9.47 Å². The summed E-state index contributed by atoms with van der Waals surface area (Å²) in [5.74, 6) is 1.90. The van der Waals surface area contributed by atoms with Crippen LogP contribution >= 0.6 is 0 Å². The lowest BCUT2D eigenvalue weighted by Gasteiger charge is -2.38. The van der Waals surface area contributed by atoms with Gasteiger partial charge >= 0.3 is 0 Å². The van der Waals surface area contributed by atoms with E-state index in [1.54, 1.807) is 14.2 Å². The molecule has 1 N–H and O–H groups in total. The molecule has 1 aliphatic carbocycles. The van der Waals surface area contributed by atoms with Crippen LogP contribution in [0.15, 0.2) is 36.4 Å². The highest BCUT2D eigenvalue weighted by Gasteiger charge is 2.31. The third kappa shape index (κ3) is 4.87.